The number of aliphatic hydroxyl groups excluding tert-OH is 1. The van der Waals surface area contributed by atoms with Crippen molar-refractivity contribution in [3.63, 3.8) is 0 Å². The average Bonchev–Trinajstić information content (AvgIpc) is 2.96. The van der Waals surface area contributed by atoms with Gasteiger partial charge < -0.3 is 10.0 Å². The van der Waals surface area contributed by atoms with Gasteiger partial charge >= 0.3 is 0 Å². The molecule has 2 aromatic rings. The highest BCUT2D eigenvalue weighted by Gasteiger charge is 2.02. The molecule has 0 unspecified atom stereocenters. The first-order chi connectivity index (χ1) is 9.33. The van der Waals surface area contributed by atoms with E-state index >= 15 is 0 Å². The van der Waals surface area contributed by atoms with E-state index in [0.29, 0.717) is 12.5 Å². The van der Waals surface area contributed by atoms with Gasteiger partial charge in [0.1, 0.15) is 6.33 Å². The predicted molar refractivity (Wildman–Crippen MR) is 72.0 cm³/mol. The summed E-state index contributed by atoms with van der Waals surface area (Å²) in [7, 11) is 0. The quantitative estimate of drug-likeness (QED) is 0.778. The molecule has 100 valence electrons. The number of hydrogen-bond donors (Lipinski definition) is 2. The summed E-state index contributed by atoms with van der Waals surface area (Å²) in [5.41, 5.74) is 1.79. The van der Waals surface area contributed by atoms with Gasteiger partial charge in [0, 0.05) is 18.8 Å². The molecule has 0 atom stereocenters. The molecule has 0 saturated carbocycles. The fourth-order valence-electron chi connectivity index (χ4n) is 1.67. The first-order valence-electron chi connectivity index (χ1n) is 6.06. The Morgan fingerprint density at radius 2 is 2.05 bits per heavy atom. The average molecular weight is 260 g/mol. The molecule has 0 spiro atoms. The van der Waals surface area contributed by atoms with Crippen molar-refractivity contribution < 1.29 is 5.11 Å². The fourth-order valence-corrected chi connectivity index (χ4v) is 1.67. The Hall–Kier alpha value is -2.28. The number of aromatic amines is 1. The Morgan fingerprint density at radius 3 is 2.63 bits per heavy atom. The lowest BCUT2D eigenvalue weighted by atomic mass is 10.2. The minimum absolute atomic E-state index is 0.140. The Morgan fingerprint density at radius 1 is 1.26 bits per heavy atom. The van der Waals surface area contributed by atoms with E-state index in [2.05, 4.69) is 30.3 Å². The predicted octanol–water partition coefficient (Wildman–Crippen LogP) is 2.04. The summed E-state index contributed by atoms with van der Waals surface area (Å²) in [6.07, 6.45) is 1.38. The highest BCUT2D eigenvalue weighted by molar-refractivity contribution is 5.52. The van der Waals surface area contributed by atoms with Gasteiger partial charge in [-0.1, -0.05) is 0 Å². The highest BCUT2D eigenvalue weighted by Crippen LogP contribution is 2.20. The molecular formula is C12H16N6O. The van der Waals surface area contributed by atoms with Gasteiger partial charge in [-0.25, -0.2) is 5.10 Å². The minimum atomic E-state index is 0.140. The number of benzene rings is 1. The van der Waals surface area contributed by atoms with Crippen LogP contribution >= 0.6 is 0 Å². The fraction of sp³-hybridized carbons (Fsp3) is 0.333. The van der Waals surface area contributed by atoms with Crippen LogP contribution in [0.15, 0.2) is 40.8 Å². The molecule has 0 fully saturated rings. The summed E-state index contributed by atoms with van der Waals surface area (Å²) >= 11 is 0. The van der Waals surface area contributed by atoms with Gasteiger partial charge in [-0.15, -0.1) is 10.2 Å². The standard InChI is InChI=1S/C12H16N6O/c1-2-18(7-8-19)11-5-3-10(4-6-11)15-17-12-13-9-14-16-12/h3-6,9,19H,2,7-8H2,1H3,(H,13,14,16). The molecule has 0 amide bonds. The van der Waals surface area contributed by atoms with Gasteiger partial charge in [0.15, 0.2) is 0 Å². The van der Waals surface area contributed by atoms with Gasteiger partial charge in [0.2, 0.25) is 0 Å². The molecule has 0 saturated heterocycles. The molecule has 0 aliphatic rings. The van der Waals surface area contributed by atoms with Crippen LogP contribution in [-0.4, -0.2) is 40.0 Å². The number of likely N-dealkylation sites (N-methyl/N-ethyl adjacent to an activating group) is 1. The molecule has 7 nitrogen and oxygen atoms in total. The summed E-state index contributed by atoms with van der Waals surface area (Å²) in [4.78, 5) is 5.93. The van der Waals surface area contributed by atoms with Gasteiger partial charge in [-0.05, 0) is 31.2 Å². The molecule has 2 N–H and O–H groups in total. The maximum absolute atomic E-state index is 8.98. The summed E-state index contributed by atoms with van der Waals surface area (Å²) < 4.78 is 0. The van der Waals surface area contributed by atoms with Crippen molar-refractivity contribution in [2.75, 3.05) is 24.6 Å². The summed E-state index contributed by atoms with van der Waals surface area (Å²) in [5, 5.41) is 23.2. The first kappa shape index (κ1) is 13.2. The zero-order valence-corrected chi connectivity index (χ0v) is 10.7. The number of nitrogens with zero attached hydrogens (tertiary/aromatic N) is 5. The largest absolute Gasteiger partial charge is 0.395 e. The van der Waals surface area contributed by atoms with Crippen molar-refractivity contribution in [1.29, 1.82) is 0 Å². The third kappa shape index (κ3) is 3.59. The van der Waals surface area contributed by atoms with Crippen LogP contribution in [0, 0.1) is 0 Å². The molecule has 0 aliphatic heterocycles. The van der Waals surface area contributed by atoms with E-state index in [1.165, 1.54) is 6.33 Å². The van der Waals surface area contributed by atoms with Crippen molar-refractivity contribution in [1.82, 2.24) is 15.2 Å². The zero-order valence-electron chi connectivity index (χ0n) is 10.7. The van der Waals surface area contributed by atoms with E-state index in [1.807, 2.05) is 31.2 Å². The Bertz CT molecular complexity index is 508. The van der Waals surface area contributed by atoms with Crippen LogP contribution in [0.3, 0.4) is 0 Å². The Kier molecular flexibility index (Phi) is 4.57. The maximum Gasteiger partial charge on any atom is 0.264 e. The minimum Gasteiger partial charge on any atom is -0.395 e. The molecule has 19 heavy (non-hydrogen) atoms. The van der Waals surface area contributed by atoms with Crippen LogP contribution in [0.4, 0.5) is 17.3 Å². The van der Waals surface area contributed by atoms with Gasteiger partial charge in [0.25, 0.3) is 5.95 Å². The molecule has 7 heteroatoms. The summed E-state index contributed by atoms with van der Waals surface area (Å²) in [5.74, 6) is 0.375. The molecule has 1 aromatic heterocycles. The number of rotatable bonds is 6. The second-order valence-corrected chi connectivity index (χ2v) is 3.83. The monoisotopic (exact) mass is 260 g/mol. The van der Waals surface area contributed by atoms with Crippen LogP contribution in [0.2, 0.25) is 0 Å². The molecule has 1 aromatic carbocycles. The number of hydrogen-bond acceptors (Lipinski definition) is 6. The number of azo groups is 1. The van der Waals surface area contributed by atoms with Crippen molar-refractivity contribution >= 4 is 17.3 Å². The lowest BCUT2D eigenvalue weighted by molar-refractivity contribution is 0.302. The number of anilines is 1. The normalized spacial score (nSPS) is 11.1. The van der Waals surface area contributed by atoms with Gasteiger partial charge in [-0.2, -0.15) is 10.1 Å². The number of H-pyrrole nitrogens is 1. The van der Waals surface area contributed by atoms with Crippen molar-refractivity contribution in [2.45, 2.75) is 6.92 Å². The number of nitrogens with one attached hydrogen (secondary N) is 1. The van der Waals surface area contributed by atoms with Crippen molar-refractivity contribution in [2.24, 2.45) is 10.2 Å². The van der Waals surface area contributed by atoms with E-state index in [0.717, 1.165) is 17.9 Å². The van der Waals surface area contributed by atoms with Crippen LogP contribution in [0.5, 0.6) is 0 Å². The van der Waals surface area contributed by atoms with Gasteiger partial charge in [0.05, 0.1) is 12.3 Å². The van der Waals surface area contributed by atoms with Crippen LogP contribution < -0.4 is 4.90 Å². The second kappa shape index (κ2) is 6.60. The molecule has 1 heterocycles. The topological polar surface area (TPSA) is 89.8 Å². The van der Waals surface area contributed by atoms with Crippen molar-refractivity contribution in [3.05, 3.63) is 30.6 Å². The molecular weight excluding hydrogens is 244 g/mol. The van der Waals surface area contributed by atoms with E-state index < -0.39 is 0 Å². The molecule has 0 aliphatic carbocycles. The van der Waals surface area contributed by atoms with E-state index in [9.17, 15) is 0 Å². The zero-order chi connectivity index (χ0) is 13.5. The van der Waals surface area contributed by atoms with Crippen LogP contribution in [0.1, 0.15) is 6.92 Å². The first-order valence-corrected chi connectivity index (χ1v) is 6.06. The van der Waals surface area contributed by atoms with E-state index in [1.54, 1.807) is 0 Å². The summed E-state index contributed by atoms with van der Waals surface area (Å²) in [6.45, 7) is 3.66. The van der Waals surface area contributed by atoms with E-state index in [-0.39, 0.29) is 6.61 Å². The molecule has 0 radical (unpaired) electrons. The number of aliphatic hydroxyl groups is 1. The highest BCUT2D eigenvalue weighted by atomic mass is 16.3. The smallest absolute Gasteiger partial charge is 0.264 e. The lowest BCUT2D eigenvalue weighted by Gasteiger charge is -2.21. The third-order valence-corrected chi connectivity index (χ3v) is 2.63. The van der Waals surface area contributed by atoms with Gasteiger partial charge in [-0.3, -0.25) is 0 Å². The molecule has 2 rings (SSSR count). The maximum atomic E-state index is 8.98. The Balaban J connectivity index is 2.05. The Labute approximate surface area is 111 Å². The number of aromatic nitrogens is 3. The molecule has 0 bridgehead atoms. The van der Waals surface area contributed by atoms with Crippen molar-refractivity contribution in [3.8, 4) is 0 Å². The van der Waals surface area contributed by atoms with Crippen LogP contribution in [0.25, 0.3) is 0 Å². The summed E-state index contributed by atoms with van der Waals surface area (Å²) in [6, 6.07) is 7.65. The van der Waals surface area contributed by atoms with E-state index in [4.69, 9.17) is 5.11 Å². The second-order valence-electron chi connectivity index (χ2n) is 3.83. The SMILES string of the molecule is CCN(CCO)c1ccc(N=Nc2ncn[nH]2)cc1. The lowest BCUT2D eigenvalue weighted by Crippen LogP contribution is -2.25. The van der Waals surface area contributed by atoms with Crippen LogP contribution in [-0.2, 0) is 0 Å². The third-order valence-electron chi connectivity index (χ3n) is 2.63.